The Bertz CT molecular complexity index is 646. The summed E-state index contributed by atoms with van der Waals surface area (Å²) in [5.41, 5.74) is 1.95. The minimum Gasteiger partial charge on any atom is -0.309 e. The first-order valence-electron chi connectivity index (χ1n) is 6.02. The summed E-state index contributed by atoms with van der Waals surface area (Å²) in [6.45, 7) is 1.86. The van der Waals surface area contributed by atoms with Crippen molar-refractivity contribution in [1.82, 2.24) is 5.32 Å². The van der Waals surface area contributed by atoms with Crippen molar-refractivity contribution in [3.05, 3.63) is 68.2 Å². The van der Waals surface area contributed by atoms with Crippen LogP contribution in [0.4, 0.5) is 8.78 Å². The van der Waals surface area contributed by atoms with Crippen molar-refractivity contribution in [2.45, 2.75) is 13.0 Å². The maximum absolute atomic E-state index is 14.3. The molecule has 0 saturated carbocycles. The van der Waals surface area contributed by atoms with Gasteiger partial charge in [-0.25, -0.2) is 8.78 Å². The first kappa shape index (κ1) is 15.4. The van der Waals surface area contributed by atoms with Gasteiger partial charge in [0.25, 0.3) is 0 Å². The van der Waals surface area contributed by atoms with Crippen LogP contribution in [0.15, 0.2) is 34.8 Å². The molecule has 0 radical (unpaired) electrons. The first-order valence-corrected chi connectivity index (χ1v) is 7.19. The Morgan fingerprint density at radius 2 is 1.85 bits per heavy atom. The van der Waals surface area contributed by atoms with Crippen molar-refractivity contribution in [1.29, 1.82) is 0 Å². The van der Waals surface area contributed by atoms with Crippen molar-refractivity contribution in [3.8, 4) is 0 Å². The van der Waals surface area contributed by atoms with Crippen molar-refractivity contribution in [2.75, 3.05) is 7.05 Å². The molecule has 1 unspecified atom stereocenters. The molecule has 0 spiro atoms. The van der Waals surface area contributed by atoms with Crippen LogP contribution in [0.25, 0.3) is 0 Å². The average molecular weight is 361 g/mol. The van der Waals surface area contributed by atoms with Gasteiger partial charge >= 0.3 is 0 Å². The zero-order valence-corrected chi connectivity index (χ0v) is 13.3. The van der Waals surface area contributed by atoms with Crippen LogP contribution in [-0.4, -0.2) is 7.05 Å². The molecule has 0 saturated heterocycles. The lowest BCUT2D eigenvalue weighted by Crippen LogP contribution is -2.20. The summed E-state index contributed by atoms with van der Waals surface area (Å²) in [7, 11) is 1.70. The largest absolute Gasteiger partial charge is 0.309 e. The highest BCUT2D eigenvalue weighted by Gasteiger charge is 2.21. The van der Waals surface area contributed by atoms with Crippen LogP contribution in [0.5, 0.6) is 0 Å². The third-order valence-corrected chi connectivity index (χ3v) is 4.48. The number of aryl methyl sites for hydroxylation is 1. The Kier molecular flexibility index (Phi) is 4.78. The molecule has 1 nitrogen and oxygen atoms in total. The highest BCUT2D eigenvalue weighted by atomic mass is 79.9. The Labute approximate surface area is 130 Å². The van der Waals surface area contributed by atoms with E-state index in [1.807, 2.05) is 6.92 Å². The van der Waals surface area contributed by atoms with Gasteiger partial charge in [-0.2, -0.15) is 0 Å². The van der Waals surface area contributed by atoms with E-state index in [4.69, 9.17) is 11.6 Å². The van der Waals surface area contributed by atoms with Gasteiger partial charge in [0.05, 0.1) is 11.1 Å². The van der Waals surface area contributed by atoms with Crippen LogP contribution in [0.1, 0.15) is 22.7 Å². The summed E-state index contributed by atoms with van der Waals surface area (Å²) in [5, 5.41) is 3.03. The van der Waals surface area contributed by atoms with E-state index >= 15 is 0 Å². The second-order valence-corrected chi connectivity index (χ2v) is 5.72. The van der Waals surface area contributed by atoms with Gasteiger partial charge in [0, 0.05) is 10.0 Å². The van der Waals surface area contributed by atoms with Gasteiger partial charge in [-0.1, -0.05) is 23.7 Å². The van der Waals surface area contributed by atoms with E-state index in [9.17, 15) is 8.78 Å². The number of hydrogen-bond donors (Lipinski definition) is 1. The average Bonchev–Trinajstić information content (AvgIpc) is 2.43. The molecule has 106 valence electrons. The summed E-state index contributed by atoms with van der Waals surface area (Å²) >= 11 is 9.10. The van der Waals surface area contributed by atoms with Gasteiger partial charge in [0.15, 0.2) is 0 Å². The number of benzene rings is 2. The molecule has 1 atom stereocenters. The standard InChI is InChI=1S/C15H13BrClF2N/c1-8-3-4-9(18)7-11(8)15(20-2)10-5-6-12(16)13(17)14(10)19/h3-7,15,20H,1-2H3. The number of halogens is 4. The Balaban J connectivity index is 2.58. The van der Waals surface area contributed by atoms with E-state index in [2.05, 4.69) is 21.2 Å². The molecule has 2 aromatic carbocycles. The van der Waals surface area contributed by atoms with Gasteiger partial charge in [-0.05, 0) is 59.2 Å². The van der Waals surface area contributed by atoms with Crippen LogP contribution in [0.3, 0.4) is 0 Å². The lowest BCUT2D eigenvalue weighted by atomic mass is 9.94. The second kappa shape index (κ2) is 6.20. The SMILES string of the molecule is CNC(c1cc(F)ccc1C)c1ccc(Br)c(Cl)c1F. The maximum Gasteiger partial charge on any atom is 0.148 e. The Morgan fingerprint density at radius 3 is 2.50 bits per heavy atom. The molecule has 2 aromatic rings. The third-order valence-electron chi connectivity index (χ3n) is 3.22. The molecule has 20 heavy (non-hydrogen) atoms. The summed E-state index contributed by atoms with van der Waals surface area (Å²) in [6.07, 6.45) is 0. The molecule has 0 amide bonds. The van der Waals surface area contributed by atoms with Crippen molar-refractivity contribution < 1.29 is 8.78 Å². The van der Waals surface area contributed by atoms with Gasteiger partial charge in [0.2, 0.25) is 0 Å². The van der Waals surface area contributed by atoms with Gasteiger partial charge in [-0.3, -0.25) is 0 Å². The van der Waals surface area contributed by atoms with Crippen molar-refractivity contribution in [2.24, 2.45) is 0 Å². The van der Waals surface area contributed by atoms with Crippen LogP contribution in [0, 0.1) is 18.6 Å². The molecular formula is C15H13BrClF2N. The lowest BCUT2D eigenvalue weighted by molar-refractivity contribution is 0.570. The quantitative estimate of drug-likeness (QED) is 0.760. The number of nitrogens with one attached hydrogen (secondary N) is 1. The summed E-state index contributed by atoms with van der Waals surface area (Å²) in [5.74, 6) is -0.862. The normalized spacial score (nSPS) is 12.5. The fourth-order valence-electron chi connectivity index (χ4n) is 2.16. The monoisotopic (exact) mass is 359 g/mol. The topological polar surface area (TPSA) is 12.0 Å². The third kappa shape index (κ3) is 2.87. The van der Waals surface area contributed by atoms with Gasteiger partial charge < -0.3 is 5.32 Å². The minimum absolute atomic E-state index is 0.0248. The predicted octanol–water partition coefficient (Wildman–Crippen LogP) is 5.00. The number of rotatable bonds is 3. The molecular weight excluding hydrogens is 348 g/mol. The second-order valence-electron chi connectivity index (χ2n) is 4.49. The van der Waals surface area contributed by atoms with Crippen molar-refractivity contribution in [3.63, 3.8) is 0 Å². The molecule has 0 aliphatic heterocycles. The Hall–Kier alpha value is -0.970. The van der Waals surface area contributed by atoms with E-state index in [-0.39, 0.29) is 10.8 Å². The maximum atomic E-state index is 14.3. The highest BCUT2D eigenvalue weighted by molar-refractivity contribution is 9.10. The summed E-state index contributed by atoms with van der Waals surface area (Å²) < 4.78 is 28.3. The van der Waals surface area contributed by atoms with Crippen LogP contribution < -0.4 is 5.32 Å². The summed E-state index contributed by atoms with van der Waals surface area (Å²) in [4.78, 5) is 0. The van der Waals surface area contributed by atoms with Gasteiger partial charge in [0.1, 0.15) is 11.6 Å². The van der Waals surface area contributed by atoms with E-state index in [0.29, 0.717) is 15.6 Å². The molecule has 0 bridgehead atoms. The van der Waals surface area contributed by atoms with Crippen LogP contribution >= 0.6 is 27.5 Å². The zero-order chi connectivity index (χ0) is 14.9. The zero-order valence-electron chi connectivity index (χ0n) is 11.0. The van der Waals surface area contributed by atoms with E-state index in [0.717, 1.165) is 5.56 Å². The molecule has 1 N–H and O–H groups in total. The van der Waals surface area contributed by atoms with Gasteiger partial charge in [-0.15, -0.1) is 0 Å². The predicted molar refractivity (Wildman–Crippen MR) is 81.1 cm³/mol. The van der Waals surface area contributed by atoms with E-state index in [1.54, 1.807) is 25.2 Å². The summed E-state index contributed by atoms with van der Waals surface area (Å²) in [6, 6.07) is 7.32. The fraction of sp³-hybridized carbons (Fsp3) is 0.200. The minimum atomic E-state index is -0.510. The molecule has 2 rings (SSSR count). The van der Waals surface area contributed by atoms with Crippen LogP contribution in [0.2, 0.25) is 5.02 Å². The van der Waals surface area contributed by atoms with Crippen LogP contribution in [-0.2, 0) is 0 Å². The first-order chi connectivity index (χ1) is 9.45. The highest BCUT2D eigenvalue weighted by Crippen LogP contribution is 2.33. The fourth-order valence-corrected chi connectivity index (χ4v) is 2.64. The molecule has 0 fully saturated rings. The molecule has 0 aliphatic rings. The Morgan fingerprint density at radius 1 is 1.15 bits per heavy atom. The number of hydrogen-bond acceptors (Lipinski definition) is 1. The smallest absolute Gasteiger partial charge is 0.148 e. The molecule has 5 heteroatoms. The molecule has 0 heterocycles. The molecule has 0 aromatic heterocycles. The van der Waals surface area contributed by atoms with E-state index < -0.39 is 11.9 Å². The van der Waals surface area contributed by atoms with E-state index in [1.165, 1.54) is 12.1 Å². The molecule has 0 aliphatic carbocycles. The lowest BCUT2D eigenvalue weighted by Gasteiger charge is -2.21. The van der Waals surface area contributed by atoms with Crippen molar-refractivity contribution >= 4 is 27.5 Å².